The van der Waals surface area contributed by atoms with Gasteiger partial charge >= 0.3 is 5.63 Å². The third kappa shape index (κ3) is 4.53. The number of amides is 1. The fraction of sp³-hybridized carbons (Fsp3) is 0.320. The molecule has 34 heavy (non-hydrogen) atoms. The molecule has 3 aromatic rings. The van der Waals surface area contributed by atoms with Crippen LogP contribution in [0.25, 0.3) is 22.1 Å². The lowest BCUT2D eigenvalue weighted by Gasteiger charge is -2.33. The van der Waals surface area contributed by atoms with E-state index in [1.54, 1.807) is 18.2 Å². The molecule has 1 amide bonds. The zero-order valence-electron chi connectivity index (χ0n) is 19.0. The number of aldehydes is 1. The molecule has 2 heterocycles. The zero-order valence-corrected chi connectivity index (χ0v) is 19.8. The maximum Gasteiger partial charge on any atom is 0.336 e. The van der Waals surface area contributed by atoms with Crippen molar-refractivity contribution in [1.29, 1.82) is 0 Å². The second-order valence-corrected chi connectivity index (χ2v) is 10.6. The van der Waals surface area contributed by atoms with Gasteiger partial charge in [-0.3, -0.25) is 4.79 Å². The van der Waals surface area contributed by atoms with Crippen molar-refractivity contribution in [3.8, 4) is 11.1 Å². The standard InChI is InChI=1S/C25H26N2O6S/c1-16-6-3-4-8-19(16)21-13-24(29)33-23-12-17(9-10-20(21)23)22(15-28)25(30)27-11-5-7-18(14-27)34(31,32)26-2/h3-4,6,8-10,12-13,15,18,22,26H,5,7,11,14H2,1-2H3. The highest BCUT2D eigenvalue weighted by molar-refractivity contribution is 7.90. The second-order valence-electron chi connectivity index (χ2n) is 8.46. The van der Waals surface area contributed by atoms with Gasteiger partial charge in [-0.05, 0) is 49.6 Å². The van der Waals surface area contributed by atoms with Gasteiger partial charge in [-0.15, -0.1) is 0 Å². The van der Waals surface area contributed by atoms with Crippen LogP contribution in [0, 0.1) is 6.92 Å². The molecule has 1 N–H and O–H groups in total. The summed E-state index contributed by atoms with van der Waals surface area (Å²) in [6.07, 6.45) is 1.51. The first-order valence-electron chi connectivity index (χ1n) is 11.1. The summed E-state index contributed by atoms with van der Waals surface area (Å²) in [5.74, 6) is -1.60. The first kappa shape index (κ1) is 23.8. The van der Waals surface area contributed by atoms with Gasteiger partial charge < -0.3 is 14.1 Å². The highest BCUT2D eigenvalue weighted by Gasteiger charge is 2.35. The summed E-state index contributed by atoms with van der Waals surface area (Å²) in [6, 6.07) is 14.1. The zero-order chi connectivity index (χ0) is 24.5. The van der Waals surface area contributed by atoms with Gasteiger partial charge in [0.2, 0.25) is 15.9 Å². The predicted octanol–water partition coefficient (Wildman–Crippen LogP) is 2.59. The van der Waals surface area contributed by atoms with Crippen molar-refractivity contribution in [3.63, 3.8) is 0 Å². The summed E-state index contributed by atoms with van der Waals surface area (Å²) in [4.78, 5) is 38.9. The molecule has 8 nitrogen and oxygen atoms in total. The molecule has 2 atom stereocenters. The van der Waals surface area contributed by atoms with Gasteiger partial charge in [0.25, 0.3) is 0 Å². The number of rotatable bonds is 6. The minimum absolute atomic E-state index is 0.0203. The van der Waals surface area contributed by atoms with Gasteiger partial charge in [0.15, 0.2) is 0 Å². The number of fused-ring (bicyclic) bond motifs is 1. The first-order chi connectivity index (χ1) is 16.2. The number of benzene rings is 2. The molecule has 0 saturated carbocycles. The van der Waals surface area contributed by atoms with Crippen molar-refractivity contribution in [1.82, 2.24) is 9.62 Å². The number of nitrogens with zero attached hydrogens (tertiary/aromatic N) is 1. The third-order valence-corrected chi connectivity index (χ3v) is 8.21. The molecule has 0 aliphatic carbocycles. The molecule has 2 unspecified atom stereocenters. The van der Waals surface area contributed by atoms with E-state index >= 15 is 0 Å². The fourth-order valence-corrected chi connectivity index (χ4v) is 5.69. The van der Waals surface area contributed by atoms with E-state index in [0.29, 0.717) is 42.2 Å². The maximum absolute atomic E-state index is 13.2. The number of carbonyl (C=O) groups is 2. The van der Waals surface area contributed by atoms with Crippen molar-refractivity contribution < 1.29 is 22.4 Å². The first-order valence-corrected chi connectivity index (χ1v) is 12.6. The minimum atomic E-state index is -3.53. The molecule has 1 aromatic heterocycles. The van der Waals surface area contributed by atoms with Crippen LogP contribution >= 0.6 is 0 Å². The summed E-state index contributed by atoms with van der Waals surface area (Å²) in [6.45, 7) is 2.34. The van der Waals surface area contributed by atoms with Crippen LogP contribution in [-0.4, -0.2) is 50.9 Å². The van der Waals surface area contributed by atoms with Crippen LogP contribution < -0.4 is 10.3 Å². The Labute approximate surface area is 197 Å². The van der Waals surface area contributed by atoms with Crippen molar-refractivity contribution in [2.75, 3.05) is 20.1 Å². The Morgan fingerprint density at radius 1 is 1.18 bits per heavy atom. The van der Waals surface area contributed by atoms with E-state index in [-0.39, 0.29) is 12.1 Å². The Bertz CT molecular complexity index is 1410. The predicted molar refractivity (Wildman–Crippen MR) is 129 cm³/mol. The Morgan fingerprint density at radius 3 is 2.65 bits per heavy atom. The fourth-order valence-electron chi connectivity index (χ4n) is 4.51. The highest BCUT2D eigenvalue weighted by Crippen LogP contribution is 2.32. The number of sulfonamides is 1. The van der Waals surface area contributed by atoms with Crippen LogP contribution in [0.15, 0.2) is 57.7 Å². The molecule has 0 spiro atoms. The Kier molecular flexibility index (Phi) is 6.67. The van der Waals surface area contributed by atoms with Crippen molar-refractivity contribution in [2.45, 2.75) is 30.9 Å². The second kappa shape index (κ2) is 9.52. The molecular weight excluding hydrogens is 456 g/mol. The van der Waals surface area contributed by atoms with Crippen LogP contribution in [-0.2, 0) is 19.6 Å². The number of piperidine rings is 1. The number of hydrogen-bond donors (Lipinski definition) is 1. The van der Waals surface area contributed by atoms with Crippen LogP contribution in [0.2, 0.25) is 0 Å². The molecule has 0 bridgehead atoms. The summed E-state index contributed by atoms with van der Waals surface area (Å²) in [5, 5.41) is -0.0401. The van der Waals surface area contributed by atoms with Crippen molar-refractivity contribution in [2.24, 2.45) is 0 Å². The molecule has 1 fully saturated rings. The molecule has 4 rings (SSSR count). The molecule has 2 aromatic carbocycles. The van der Waals surface area contributed by atoms with E-state index < -0.39 is 32.7 Å². The molecule has 1 aliphatic heterocycles. The summed E-state index contributed by atoms with van der Waals surface area (Å²) in [5.41, 5.74) is 2.72. The van der Waals surface area contributed by atoms with Crippen LogP contribution in [0.5, 0.6) is 0 Å². The van der Waals surface area contributed by atoms with E-state index in [1.807, 2.05) is 31.2 Å². The summed E-state index contributed by atoms with van der Waals surface area (Å²) in [7, 11) is -2.19. The van der Waals surface area contributed by atoms with E-state index in [9.17, 15) is 22.8 Å². The van der Waals surface area contributed by atoms with E-state index in [1.165, 1.54) is 18.0 Å². The quantitative estimate of drug-likeness (QED) is 0.328. The average Bonchev–Trinajstić information content (AvgIpc) is 2.84. The van der Waals surface area contributed by atoms with Gasteiger partial charge in [0.1, 0.15) is 17.8 Å². The van der Waals surface area contributed by atoms with Crippen molar-refractivity contribution in [3.05, 3.63) is 70.1 Å². The largest absolute Gasteiger partial charge is 0.423 e. The van der Waals surface area contributed by atoms with Gasteiger partial charge in [-0.25, -0.2) is 17.9 Å². The monoisotopic (exact) mass is 482 g/mol. The number of hydrogen-bond acceptors (Lipinski definition) is 6. The lowest BCUT2D eigenvalue weighted by atomic mass is 9.93. The lowest BCUT2D eigenvalue weighted by Crippen LogP contribution is -2.49. The smallest absolute Gasteiger partial charge is 0.336 e. The molecule has 0 radical (unpaired) electrons. The van der Waals surface area contributed by atoms with Gasteiger partial charge in [-0.1, -0.05) is 36.4 Å². The SMILES string of the molecule is CNS(=O)(=O)C1CCCN(C(=O)C(C=O)c2ccc3c(-c4ccccc4C)cc(=O)oc3c2)C1. The normalized spacial score (nSPS) is 17.5. The Morgan fingerprint density at radius 2 is 1.94 bits per heavy atom. The van der Waals surface area contributed by atoms with Gasteiger partial charge in [0, 0.05) is 30.1 Å². The van der Waals surface area contributed by atoms with E-state index in [4.69, 9.17) is 4.42 Å². The van der Waals surface area contributed by atoms with E-state index in [0.717, 1.165) is 11.1 Å². The number of carbonyl (C=O) groups excluding carboxylic acids is 2. The topological polar surface area (TPSA) is 114 Å². The van der Waals surface area contributed by atoms with Crippen LogP contribution in [0.3, 0.4) is 0 Å². The van der Waals surface area contributed by atoms with Crippen LogP contribution in [0.4, 0.5) is 0 Å². The Balaban J connectivity index is 1.70. The molecule has 9 heteroatoms. The average molecular weight is 483 g/mol. The van der Waals surface area contributed by atoms with Gasteiger partial charge in [0.05, 0.1) is 5.25 Å². The Hall–Kier alpha value is -3.30. The minimum Gasteiger partial charge on any atom is -0.423 e. The summed E-state index contributed by atoms with van der Waals surface area (Å²) < 4.78 is 32.2. The maximum atomic E-state index is 13.2. The number of aryl methyl sites for hydroxylation is 1. The molecule has 1 aliphatic rings. The lowest BCUT2D eigenvalue weighted by molar-refractivity contribution is -0.135. The highest BCUT2D eigenvalue weighted by atomic mass is 32.2. The third-order valence-electron chi connectivity index (χ3n) is 6.38. The number of likely N-dealkylation sites (tertiary alicyclic amines) is 1. The number of nitrogens with one attached hydrogen (secondary N) is 1. The molecule has 1 saturated heterocycles. The molecular formula is C25H26N2O6S. The summed E-state index contributed by atoms with van der Waals surface area (Å²) >= 11 is 0. The van der Waals surface area contributed by atoms with Crippen LogP contribution in [0.1, 0.15) is 29.9 Å². The van der Waals surface area contributed by atoms with Gasteiger partial charge in [-0.2, -0.15) is 0 Å². The van der Waals surface area contributed by atoms with E-state index in [2.05, 4.69) is 4.72 Å². The molecule has 178 valence electrons. The van der Waals surface area contributed by atoms with Crippen molar-refractivity contribution >= 4 is 33.2 Å².